The predicted molar refractivity (Wildman–Crippen MR) is 80.0 cm³/mol. The Balaban J connectivity index is 1.99. The van der Waals surface area contributed by atoms with E-state index >= 15 is 0 Å². The molecule has 21 heavy (non-hydrogen) atoms. The standard InChI is InChI=1S/C15H20ClNO4/c1-15(2,4-3-5-18)8-17-14(19)10-6-11(16)13-12(7-10)20-9-21-13/h6-7,18H,3-5,8-9H2,1-2H3,(H,17,19). The van der Waals surface area contributed by atoms with Crippen molar-refractivity contribution >= 4 is 17.5 Å². The first-order valence-corrected chi connectivity index (χ1v) is 7.29. The zero-order valence-electron chi connectivity index (χ0n) is 12.2. The molecule has 2 N–H and O–H groups in total. The molecule has 0 unspecified atom stereocenters. The fraction of sp³-hybridized carbons (Fsp3) is 0.533. The third kappa shape index (κ3) is 4.02. The van der Waals surface area contributed by atoms with Gasteiger partial charge in [-0.15, -0.1) is 0 Å². The Morgan fingerprint density at radius 3 is 2.90 bits per heavy atom. The maximum atomic E-state index is 12.2. The number of halogens is 1. The number of rotatable bonds is 6. The Morgan fingerprint density at radius 1 is 1.43 bits per heavy atom. The number of carbonyl (C=O) groups excluding carboxylic acids is 1. The van der Waals surface area contributed by atoms with Crippen LogP contribution in [0.25, 0.3) is 0 Å². The number of benzene rings is 1. The predicted octanol–water partition coefficient (Wildman–Crippen LogP) is 2.60. The molecule has 0 radical (unpaired) electrons. The number of nitrogens with one attached hydrogen (secondary N) is 1. The molecule has 0 saturated heterocycles. The Labute approximate surface area is 129 Å². The second-order valence-electron chi connectivity index (χ2n) is 5.87. The van der Waals surface area contributed by atoms with E-state index in [9.17, 15) is 4.79 Å². The van der Waals surface area contributed by atoms with Crippen LogP contribution in [0.3, 0.4) is 0 Å². The van der Waals surface area contributed by atoms with Gasteiger partial charge in [-0.1, -0.05) is 25.4 Å². The third-order valence-electron chi connectivity index (χ3n) is 3.43. The fourth-order valence-electron chi connectivity index (χ4n) is 2.17. The van der Waals surface area contributed by atoms with Gasteiger partial charge in [-0.3, -0.25) is 4.79 Å². The Kier molecular flexibility index (Phi) is 4.96. The van der Waals surface area contributed by atoms with E-state index in [4.69, 9.17) is 26.2 Å². The van der Waals surface area contributed by atoms with E-state index in [1.54, 1.807) is 12.1 Å². The van der Waals surface area contributed by atoms with E-state index in [1.165, 1.54) is 0 Å². The normalized spacial score (nSPS) is 13.3. The quantitative estimate of drug-likeness (QED) is 0.847. The van der Waals surface area contributed by atoms with E-state index in [0.29, 0.717) is 28.6 Å². The third-order valence-corrected chi connectivity index (χ3v) is 3.71. The molecule has 0 aromatic heterocycles. The van der Waals surface area contributed by atoms with Crippen molar-refractivity contribution in [2.24, 2.45) is 5.41 Å². The molecule has 0 fully saturated rings. The number of aliphatic hydroxyl groups excluding tert-OH is 1. The summed E-state index contributed by atoms with van der Waals surface area (Å²) in [5.41, 5.74) is 0.376. The lowest BCUT2D eigenvalue weighted by atomic mass is 9.88. The van der Waals surface area contributed by atoms with Crippen LogP contribution in [0.5, 0.6) is 11.5 Å². The summed E-state index contributed by atoms with van der Waals surface area (Å²) in [5, 5.41) is 12.1. The van der Waals surface area contributed by atoms with Crippen molar-refractivity contribution in [3.8, 4) is 11.5 Å². The summed E-state index contributed by atoms with van der Waals surface area (Å²) in [7, 11) is 0. The van der Waals surface area contributed by atoms with Gasteiger partial charge in [0.15, 0.2) is 11.5 Å². The minimum atomic E-state index is -0.202. The van der Waals surface area contributed by atoms with Crippen LogP contribution in [0.1, 0.15) is 37.0 Å². The molecule has 1 aliphatic heterocycles. The molecule has 1 aromatic carbocycles. The summed E-state index contributed by atoms with van der Waals surface area (Å²) in [6.45, 7) is 4.91. The molecule has 1 heterocycles. The van der Waals surface area contributed by atoms with Crippen LogP contribution in [-0.4, -0.2) is 31.0 Å². The van der Waals surface area contributed by atoms with Crippen molar-refractivity contribution < 1.29 is 19.4 Å². The average Bonchev–Trinajstić information content (AvgIpc) is 2.91. The minimum Gasteiger partial charge on any atom is -0.454 e. The van der Waals surface area contributed by atoms with Crippen molar-refractivity contribution in [2.75, 3.05) is 19.9 Å². The molecule has 0 saturated carbocycles. The molecule has 1 aliphatic rings. The monoisotopic (exact) mass is 313 g/mol. The highest BCUT2D eigenvalue weighted by atomic mass is 35.5. The molecule has 0 atom stereocenters. The van der Waals surface area contributed by atoms with E-state index < -0.39 is 0 Å². The van der Waals surface area contributed by atoms with Crippen LogP contribution in [0.2, 0.25) is 5.02 Å². The number of hydrogen-bond acceptors (Lipinski definition) is 4. The lowest BCUT2D eigenvalue weighted by Crippen LogP contribution is -2.34. The smallest absolute Gasteiger partial charge is 0.251 e. The number of amides is 1. The topological polar surface area (TPSA) is 67.8 Å². The summed E-state index contributed by atoms with van der Waals surface area (Å²) in [5.74, 6) is 0.774. The SMILES string of the molecule is CC(C)(CCCO)CNC(=O)c1cc(Cl)c2c(c1)OCO2. The number of hydrogen-bond donors (Lipinski definition) is 2. The highest BCUT2D eigenvalue weighted by molar-refractivity contribution is 6.32. The molecule has 5 nitrogen and oxygen atoms in total. The first-order chi connectivity index (χ1) is 9.93. The van der Waals surface area contributed by atoms with Crippen molar-refractivity contribution in [1.82, 2.24) is 5.32 Å². The molecule has 116 valence electrons. The van der Waals surface area contributed by atoms with E-state index in [1.807, 2.05) is 0 Å². The van der Waals surface area contributed by atoms with Gasteiger partial charge in [-0.2, -0.15) is 0 Å². The highest BCUT2D eigenvalue weighted by Gasteiger charge is 2.22. The summed E-state index contributed by atoms with van der Waals surface area (Å²) in [6, 6.07) is 3.20. The van der Waals surface area contributed by atoms with Crippen LogP contribution in [0, 0.1) is 5.41 Å². The minimum absolute atomic E-state index is 0.0709. The fourth-order valence-corrected chi connectivity index (χ4v) is 2.43. The van der Waals surface area contributed by atoms with Crippen molar-refractivity contribution in [3.05, 3.63) is 22.7 Å². The molecule has 6 heteroatoms. The molecule has 0 bridgehead atoms. The highest BCUT2D eigenvalue weighted by Crippen LogP contribution is 2.39. The summed E-state index contributed by atoms with van der Waals surface area (Å²) < 4.78 is 10.5. The molecule has 2 rings (SSSR count). The van der Waals surface area contributed by atoms with Crippen molar-refractivity contribution in [2.45, 2.75) is 26.7 Å². The van der Waals surface area contributed by atoms with Gasteiger partial charge in [0.1, 0.15) is 0 Å². The number of fused-ring (bicyclic) bond motifs is 1. The van der Waals surface area contributed by atoms with Crippen molar-refractivity contribution in [1.29, 1.82) is 0 Å². The maximum Gasteiger partial charge on any atom is 0.251 e. The van der Waals surface area contributed by atoms with Crippen LogP contribution in [0.15, 0.2) is 12.1 Å². The Bertz CT molecular complexity index is 531. The van der Waals surface area contributed by atoms with Gasteiger partial charge in [-0.25, -0.2) is 0 Å². The lowest BCUT2D eigenvalue weighted by molar-refractivity contribution is 0.0932. The van der Waals surface area contributed by atoms with E-state index in [2.05, 4.69) is 19.2 Å². The van der Waals surface area contributed by atoms with Gasteiger partial charge in [0.25, 0.3) is 5.91 Å². The van der Waals surface area contributed by atoms with Gasteiger partial charge < -0.3 is 19.9 Å². The van der Waals surface area contributed by atoms with Gasteiger partial charge >= 0.3 is 0 Å². The van der Waals surface area contributed by atoms with Crippen LogP contribution in [-0.2, 0) is 0 Å². The molecule has 0 spiro atoms. The number of aliphatic hydroxyl groups is 1. The van der Waals surface area contributed by atoms with Gasteiger partial charge in [-0.05, 0) is 30.4 Å². The molecular weight excluding hydrogens is 294 g/mol. The zero-order valence-corrected chi connectivity index (χ0v) is 13.0. The molecule has 0 aliphatic carbocycles. The summed E-state index contributed by atoms with van der Waals surface area (Å²) in [4.78, 5) is 12.2. The zero-order chi connectivity index (χ0) is 15.5. The summed E-state index contributed by atoms with van der Waals surface area (Å²) >= 11 is 6.06. The number of carbonyl (C=O) groups is 1. The van der Waals surface area contributed by atoms with Crippen LogP contribution < -0.4 is 14.8 Å². The van der Waals surface area contributed by atoms with Crippen molar-refractivity contribution in [3.63, 3.8) is 0 Å². The summed E-state index contributed by atoms with van der Waals surface area (Å²) in [6.07, 6.45) is 1.56. The van der Waals surface area contributed by atoms with Gasteiger partial charge in [0.2, 0.25) is 6.79 Å². The molecule has 1 aromatic rings. The second-order valence-corrected chi connectivity index (χ2v) is 6.27. The first-order valence-electron chi connectivity index (χ1n) is 6.91. The molecular formula is C15H20ClNO4. The second kappa shape index (κ2) is 6.54. The maximum absolute atomic E-state index is 12.2. The van der Waals surface area contributed by atoms with Gasteiger partial charge in [0.05, 0.1) is 5.02 Å². The van der Waals surface area contributed by atoms with Gasteiger partial charge in [0, 0.05) is 18.7 Å². The first kappa shape index (κ1) is 15.9. The van der Waals surface area contributed by atoms with Crippen LogP contribution in [0.4, 0.5) is 0 Å². The number of ether oxygens (including phenoxy) is 2. The Hall–Kier alpha value is -1.46. The van der Waals surface area contributed by atoms with Crippen LogP contribution >= 0.6 is 11.6 Å². The van der Waals surface area contributed by atoms with E-state index in [-0.39, 0.29) is 24.7 Å². The van der Waals surface area contributed by atoms with E-state index in [0.717, 1.165) is 12.8 Å². The largest absolute Gasteiger partial charge is 0.454 e. The average molecular weight is 314 g/mol. The Morgan fingerprint density at radius 2 is 2.19 bits per heavy atom. The lowest BCUT2D eigenvalue weighted by Gasteiger charge is -2.24. The molecule has 1 amide bonds.